The Morgan fingerprint density at radius 1 is 1.08 bits per heavy atom. The minimum absolute atomic E-state index is 0.169. The number of carbonyl (C=O) groups is 1. The molecule has 0 spiro atoms. The summed E-state index contributed by atoms with van der Waals surface area (Å²) < 4.78 is 18.7. The smallest absolute Gasteiger partial charge is 0.267 e. The van der Waals surface area contributed by atoms with Crippen molar-refractivity contribution in [3.63, 3.8) is 0 Å². The molecule has 0 saturated heterocycles. The third kappa shape index (κ3) is 4.15. The Balaban J connectivity index is 1.58. The molecule has 1 N–H and O–H groups in total. The van der Waals surface area contributed by atoms with Crippen LogP contribution in [0.25, 0.3) is 38.1 Å². The van der Waals surface area contributed by atoms with E-state index in [1.165, 1.54) is 7.11 Å². The topological polar surface area (TPSA) is 94.4 Å². The lowest BCUT2D eigenvalue weighted by Crippen LogP contribution is -2.37. The highest BCUT2D eigenvalue weighted by Crippen LogP contribution is 2.39. The maximum absolute atomic E-state index is 13.8. The quantitative estimate of drug-likeness (QED) is 0.244. The number of ether oxygens (including phenoxy) is 3. The second kappa shape index (κ2) is 9.74. The van der Waals surface area contributed by atoms with E-state index in [9.17, 15) is 9.59 Å². The Hall–Kier alpha value is -4.11. The van der Waals surface area contributed by atoms with Gasteiger partial charge < -0.3 is 24.4 Å². The lowest BCUT2D eigenvalue weighted by atomic mass is 10.1. The molecule has 1 amide bonds. The number of hydrogen-bond donors (Lipinski definition) is 1. The largest absolute Gasteiger partial charge is 0.493 e. The number of hydrogen-bond acceptors (Lipinski definition) is 7. The van der Waals surface area contributed by atoms with Gasteiger partial charge in [0.2, 0.25) is 0 Å². The summed E-state index contributed by atoms with van der Waals surface area (Å²) in [5.74, 6) is 1.23. The van der Waals surface area contributed by atoms with Gasteiger partial charge in [0.25, 0.3) is 11.5 Å². The highest BCUT2D eigenvalue weighted by atomic mass is 16.5. The van der Waals surface area contributed by atoms with E-state index >= 15 is 0 Å². The van der Waals surface area contributed by atoms with Gasteiger partial charge in [0.1, 0.15) is 5.75 Å². The number of aromatic nitrogens is 2. The zero-order valence-electron chi connectivity index (χ0n) is 21.6. The summed E-state index contributed by atoms with van der Waals surface area (Å²) >= 11 is 0. The molecule has 0 radical (unpaired) electrons. The van der Waals surface area contributed by atoms with E-state index in [0.717, 1.165) is 34.8 Å². The highest BCUT2D eigenvalue weighted by molar-refractivity contribution is 6.19. The summed E-state index contributed by atoms with van der Waals surface area (Å²) in [5, 5.41) is 5.73. The highest BCUT2D eigenvalue weighted by Gasteiger charge is 2.22. The van der Waals surface area contributed by atoms with Gasteiger partial charge in [-0.25, -0.2) is 0 Å². The van der Waals surface area contributed by atoms with E-state index in [1.54, 1.807) is 36.8 Å². The summed E-state index contributed by atoms with van der Waals surface area (Å²) in [6, 6.07) is 11.0. The molecule has 1 unspecified atom stereocenters. The minimum atomic E-state index is -0.666. The van der Waals surface area contributed by atoms with Crippen molar-refractivity contribution in [2.45, 2.75) is 19.4 Å². The molecule has 0 saturated carbocycles. The summed E-state index contributed by atoms with van der Waals surface area (Å²) in [4.78, 5) is 33.1. The van der Waals surface area contributed by atoms with Crippen molar-refractivity contribution in [2.24, 2.45) is 0 Å². The Labute approximate surface area is 213 Å². The predicted octanol–water partition coefficient (Wildman–Crippen LogP) is 3.44. The van der Waals surface area contributed by atoms with Crippen molar-refractivity contribution in [3.05, 3.63) is 52.9 Å². The van der Waals surface area contributed by atoms with Crippen LogP contribution in [0.2, 0.25) is 0 Å². The number of pyridine rings is 2. The number of amides is 1. The molecule has 0 aliphatic carbocycles. The summed E-state index contributed by atoms with van der Waals surface area (Å²) in [7, 11) is 7.06. The fourth-order valence-electron chi connectivity index (χ4n) is 4.88. The van der Waals surface area contributed by atoms with E-state index in [-0.39, 0.29) is 11.5 Å². The third-order valence-corrected chi connectivity index (χ3v) is 6.63. The van der Waals surface area contributed by atoms with Crippen molar-refractivity contribution in [1.82, 2.24) is 19.6 Å². The molecular weight excluding hydrogens is 472 g/mol. The number of nitrogens with one attached hydrogen (secondary N) is 1. The van der Waals surface area contributed by atoms with Crippen LogP contribution in [0.15, 0.2) is 47.4 Å². The van der Waals surface area contributed by atoms with E-state index in [1.807, 2.05) is 38.4 Å². The van der Waals surface area contributed by atoms with Crippen molar-refractivity contribution < 1.29 is 19.0 Å². The van der Waals surface area contributed by atoms with Crippen LogP contribution >= 0.6 is 0 Å². The first kappa shape index (κ1) is 24.6. The van der Waals surface area contributed by atoms with Crippen molar-refractivity contribution in [2.75, 3.05) is 41.4 Å². The van der Waals surface area contributed by atoms with Crippen LogP contribution < -0.4 is 25.1 Å². The molecule has 0 aliphatic heterocycles. The molecule has 1 atom stereocenters. The first-order chi connectivity index (χ1) is 17.8. The average molecular weight is 503 g/mol. The molecule has 3 aromatic heterocycles. The first-order valence-corrected chi connectivity index (χ1v) is 12.2. The standard InChI is InChI=1S/C28H30N4O5/c1-16(27(33)30-12-6-14-31(2)3)37-17-7-9-21-20(15-17)18-11-13-29-24-19-8-10-22(35-4)26(36-5)23(19)28(34)32(21)25(18)24/h7-11,13,15-16H,6,12,14H2,1-5H3,(H,30,33). The van der Waals surface area contributed by atoms with E-state index < -0.39 is 6.10 Å². The molecule has 37 heavy (non-hydrogen) atoms. The monoisotopic (exact) mass is 502 g/mol. The predicted molar refractivity (Wildman–Crippen MR) is 145 cm³/mol. The second-order valence-corrected chi connectivity index (χ2v) is 9.31. The van der Waals surface area contributed by atoms with Gasteiger partial charge in [-0.05, 0) is 70.4 Å². The zero-order chi connectivity index (χ0) is 26.3. The van der Waals surface area contributed by atoms with Crippen LogP contribution in [0, 0.1) is 0 Å². The Morgan fingerprint density at radius 3 is 2.62 bits per heavy atom. The van der Waals surface area contributed by atoms with Crippen LogP contribution in [0.1, 0.15) is 13.3 Å². The van der Waals surface area contributed by atoms with Crippen LogP contribution in [0.3, 0.4) is 0 Å². The molecule has 0 bridgehead atoms. The Bertz CT molecular complexity index is 1680. The molecule has 3 heterocycles. The normalized spacial score (nSPS) is 12.6. The third-order valence-electron chi connectivity index (χ3n) is 6.63. The second-order valence-electron chi connectivity index (χ2n) is 9.31. The summed E-state index contributed by atoms with van der Waals surface area (Å²) in [6.45, 7) is 3.21. The zero-order valence-corrected chi connectivity index (χ0v) is 21.6. The molecule has 192 valence electrons. The van der Waals surface area contributed by atoms with Gasteiger partial charge in [0.15, 0.2) is 17.6 Å². The van der Waals surface area contributed by atoms with Crippen molar-refractivity contribution >= 4 is 44.0 Å². The molecular formula is C28H30N4O5. The van der Waals surface area contributed by atoms with Crippen LogP contribution in [0.5, 0.6) is 17.2 Å². The van der Waals surface area contributed by atoms with Gasteiger partial charge >= 0.3 is 0 Å². The minimum Gasteiger partial charge on any atom is -0.493 e. The number of methoxy groups -OCH3 is 2. The van der Waals surface area contributed by atoms with E-state index in [4.69, 9.17) is 14.2 Å². The van der Waals surface area contributed by atoms with Gasteiger partial charge in [-0.1, -0.05) is 0 Å². The number of fused-ring (bicyclic) bond motifs is 5. The SMILES string of the molecule is COc1ccc2c(c1OC)c(=O)n1c3ccc(OC(C)C(=O)NCCCN(C)C)cc3c3ccnc2c31. The fraction of sp³-hybridized carbons (Fsp3) is 0.321. The number of benzene rings is 2. The number of nitrogens with zero attached hydrogens (tertiary/aromatic N) is 3. The van der Waals surface area contributed by atoms with Crippen molar-refractivity contribution in [3.8, 4) is 17.2 Å². The maximum Gasteiger partial charge on any atom is 0.267 e. The van der Waals surface area contributed by atoms with Crippen LogP contribution in [0.4, 0.5) is 0 Å². The van der Waals surface area contributed by atoms with Gasteiger partial charge in [-0.2, -0.15) is 0 Å². The number of carbonyl (C=O) groups excluding carboxylic acids is 1. The molecule has 5 aromatic rings. The van der Waals surface area contributed by atoms with Gasteiger partial charge in [-0.3, -0.25) is 19.0 Å². The average Bonchev–Trinajstić information content (AvgIpc) is 3.23. The molecule has 0 fully saturated rings. The van der Waals surface area contributed by atoms with Gasteiger partial charge in [-0.15, -0.1) is 0 Å². The Kier molecular flexibility index (Phi) is 6.47. The molecule has 5 rings (SSSR count). The fourth-order valence-corrected chi connectivity index (χ4v) is 4.88. The number of rotatable bonds is 9. The molecule has 9 heteroatoms. The molecule has 0 aliphatic rings. The van der Waals surface area contributed by atoms with Gasteiger partial charge in [0, 0.05) is 28.9 Å². The van der Waals surface area contributed by atoms with Gasteiger partial charge in [0.05, 0.1) is 36.2 Å². The van der Waals surface area contributed by atoms with E-state index in [0.29, 0.717) is 40.1 Å². The van der Waals surface area contributed by atoms with Crippen molar-refractivity contribution in [1.29, 1.82) is 0 Å². The summed E-state index contributed by atoms with van der Waals surface area (Å²) in [6.07, 6.45) is 1.93. The lowest BCUT2D eigenvalue weighted by molar-refractivity contribution is -0.127. The van der Waals surface area contributed by atoms with E-state index in [2.05, 4.69) is 15.2 Å². The summed E-state index contributed by atoms with van der Waals surface area (Å²) in [5.41, 5.74) is 1.92. The molecule has 9 nitrogen and oxygen atoms in total. The maximum atomic E-state index is 13.8. The first-order valence-electron chi connectivity index (χ1n) is 12.2. The van der Waals surface area contributed by atoms with Crippen LogP contribution in [-0.2, 0) is 4.79 Å². The Morgan fingerprint density at radius 2 is 1.89 bits per heavy atom. The van der Waals surface area contributed by atoms with Crippen LogP contribution in [-0.4, -0.2) is 67.7 Å². The molecule has 2 aromatic carbocycles. The lowest BCUT2D eigenvalue weighted by Gasteiger charge is -2.15.